The molecule has 1 aliphatic rings. The second-order valence-electron chi connectivity index (χ2n) is 8.59. The van der Waals surface area contributed by atoms with E-state index in [-0.39, 0.29) is 11.8 Å². The van der Waals surface area contributed by atoms with Crippen molar-refractivity contribution in [1.29, 1.82) is 0 Å². The lowest BCUT2D eigenvalue weighted by Gasteiger charge is -2.40. The molecule has 0 unspecified atom stereocenters. The van der Waals surface area contributed by atoms with E-state index < -0.39 is 6.04 Å². The van der Waals surface area contributed by atoms with E-state index >= 15 is 0 Å². The molecule has 0 saturated carbocycles. The number of likely N-dealkylation sites (N-methyl/N-ethyl adjacent to an activating group) is 1. The van der Waals surface area contributed by atoms with E-state index in [1.54, 1.807) is 24.3 Å². The van der Waals surface area contributed by atoms with Gasteiger partial charge in [-0.2, -0.15) is 0 Å². The van der Waals surface area contributed by atoms with Crippen LogP contribution in [0.5, 0.6) is 0 Å². The quantitative estimate of drug-likeness (QED) is 0.570. The fourth-order valence-electron chi connectivity index (χ4n) is 4.27. The number of hydrogen-bond acceptors (Lipinski definition) is 5. The normalized spacial score (nSPS) is 16.2. The smallest absolute Gasteiger partial charge is 0.254 e. The number of anilines is 1. The molecule has 1 aliphatic heterocycles. The second-order valence-corrected chi connectivity index (χ2v) is 8.59. The third kappa shape index (κ3) is 5.61. The Bertz CT molecular complexity index is 1120. The molecule has 0 bridgehead atoms. The number of rotatable bonds is 7. The number of hydrogen-bond donors (Lipinski definition) is 2. The fraction of sp³-hybridized carbons (Fsp3) is 0.296. The molecule has 2 heterocycles. The molecule has 2 aromatic carbocycles. The lowest BCUT2D eigenvalue weighted by molar-refractivity contribution is -0.127. The van der Waals surface area contributed by atoms with Gasteiger partial charge in [-0.15, -0.1) is 0 Å². The monoisotopic (exact) mass is 457 g/mol. The van der Waals surface area contributed by atoms with Crippen LogP contribution in [-0.4, -0.2) is 59.3 Å². The van der Waals surface area contributed by atoms with E-state index in [1.807, 2.05) is 55.5 Å². The summed E-state index contributed by atoms with van der Waals surface area (Å²) in [6, 6.07) is 19.2. The highest BCUT2D eigenvalue weighted by Crippen LogP contribution is 2.22. The first kappa shape index (κ1) is 23.4. The van der Waals surface area contributed by atoms with Gasteiger partial charge < -0.3 is 15.5 Å². The van der Waals surface area contributed by atoms with E-state index in [9.17, 15) is 9.59 Å². The number of aromatic nitrogens is 1. The summed E-state index contributed by atoms with van der Waals surface area (Å²) in [5.74, 6) is -0.269. The van der Waals surface area contributed by atoms with Crippen LogP contribution in [-0.2, 0) is 17.9 Å². The number of aryl methyl sites for hydroxylation is 1. The lowest BCUT2D eigenvalue weighted by atomic mass is 10.0. The number of carbonyl (C=O) groups is 2. The number of benzene rings is 2. The average molecular weight is 458 g/mol. The maximum atomic E-state index is 13.5. The van der Waals surface area contributed by atoms with Crippen molar-refractivity contribution in [3.05, 3.63) is 95.3 Å². The zero-order valence-corrected chi connectivity index (χ0v) is 19.7. The Labute approximate surface area is 200 Å². The molecule has 2 amide bonds. The van der Waals surface area contributed by atoms with Crippen molar-refractivity contribution >= 4 is 17.5 Å². The fourth-order valence-corrected chi connectivity index (χ4v) is 4.27. The zero-order chi connectivity index (χ0) is 23.9. The van der Waals surface area contributed by atoms with Crippen molar-refractivity contribution in [2.45, 2.75) is 26.1 Å². The molecular formula is C27H31N5O2. The van der Waals surface area contributed by atoms with Gasteiger partial charge in [-0.05, 0) is 47.9 Å². The molecule has 0 spiro atoms. The Morgan fingerprint density at radius 3 is 2.50 bits per heavy atom. The molecule has 1 saturated heterocycles. The number of pyridine rings is 1. The van der Waals surface area contributed by atoms with Crippen LogP contribution >= 0.6 is 0 Å². The summed E-state index contributed by atoms with van der Waals surface area (Å²) >= 11 is 0. The molecule has 4 rings (SSSR count). The Hall–Kier alpha value is -3.71. The van der Waals surface area contributed by atoms with Crippen LogP contribution in [0.25, 0.3) is 0 Å². The number of amides is 2. The molecule has 7 nitrogen and oxygen atoms in total. The van der Waals surface area contributed by atoms with Crippen LogP contribution in [0.15, 0.2) is 73.1 Å². The van der Waals surface area contributed by atoms with Crippen molar-refractivity contribution in [2.75, 3.05) is 32.0 Å². The van der Waals surface area contributed by atoms with Gasteiger partial charge in [0.1, 0.15) is 6.04 Å². The van der Waals surface area contributed by atoms with Gasteiger partial charge in [-0.1, -0.05) is 36.4 Å². The van der Waals surface area contributed by atoms with Crippen LogP contribution in [0.1, 0.15) is 27.0 Å². The first-order valence-corrected chi connectivity index (χ1v) is 11.6. The molecule has 1 fully saturated rings. The van der Waals surface area contributed by atoms with Crippen molar-refractivity contribution in [3.8, 4) is 0 Å². The molecule has 1 aromatic heterocycles. The SMILES string of the molecule is CNC(=O)[C@@H]1CN(Cc2ccccc2)CCN1C(=O)c1ccc(C)c(NCc2ccncc2)c1. The summed E-state index contributed by atoms with van der Waals surface area (Å²) in [4.78, 5) is 34.3. The van der Waals surface area contributed by atoms with E-state index in [1.165, 1.54) is 5.56 Å². The molecule has 0 aliphatic carbocycles. The maximum absolute atomic E-state index is 13.5. The van der Waals surface area contributed by atoms with Crippen LogP contribution < -0.4 is 10.6 Å². The van der Waals surface area contributed by atoms with E-state index in [2.05, 4.69) is 32.7 Å². The number of nitrogens with one attached hydrogen (secondary N) is 2. The van der Waals surface area contributed by atoms with E-state index in [0.29, 0.717) is 31.7 Å². The third-order valence-electron chi connectivity index (χ3n) is 6.24. The standard InChI is InChI=1S/C27H31N5O2/c1-20-8-9-23(16-24(20)30-17-21-10-12-29-13-11-21)27(34)32-15-14-31(19-25(32)26(33)28-2)18-22-6-4-3-5-7-22/h3-13,16,25,30H,14-15,17-19H2,1-2H3,(H,28,33)/t25-/m0/s1. The van der Waals surface area contributed by atoms with Crippen molar-refractivity contribution in [2.24, 2.45) is 0 Å². The minimum atomic E-state index is -0.538. The van der Waals surface area contributed by atoms with Crippen LogP contribution in [0.2, 0.25) is 0 Å². The van der Waals surface area contributed by atoms with Gasteiger partial charge in [-0.25, -0.2) is 0 Å². The Morgan fingerprint density at radius 1 is 1.00 bits per heavy atom. The Morgan fingerprint density at radius 2 is 1.76 bits per heavy atom. The molecular weight excluding hydrogens is 426 g/mol. The van der Waals surface area contributed by atoms with Crippen molar-refractivity contribution in [3.63, 3.8) is 0 Å². The minimum absolute atomic E-state index is 0.125. The predicted molar refractivity (Wildman–Crippen MR) is 133 cm³/mol. The second kappa shape index (κ2) is 10.9. The molecule has 34 heavy (non-hydrogen) atoms. The van der Waals surface area contributed by atoms with E-state index in [0.717, 1.165) is 23.4 Å². The molecule has 1 atom stereocenters. The van der Waals surface area contributed by atoms with Crippen molar-refractivity contribution in [1.82, 2.24) is 20.1 Å². The predicted octanol–water partition coefficient (Wildman–Crippen LogP) is 3.07. The van der Waals surface area contributed by atoms with Gasteiger partial charge in [0.2, 0.25) is 5.91 Å². The molecule has 0 radical (unpaired) electrons. The van der Waals surface area contributed by atoms with Crippen LogP contribution in [0.4, 0.5) is 5.69 Å². The highest BCUT2D eigenvalue weighted by atomic mass is 16.2. The summed E-state index contributed by atoms with van der Waals surface area (Å²) in [5.41, 5.74) is 4.85. The summed E-state index contributed by atoms with van der Waals surface area (Å²) in [6.07, 6.45) is 3.53. The Balaban J connectivity index is 1.48. The summed E-state index contributed by atoms with van der Waals surface area (Å²) < 4.78 is 0. The summed E-state index contributed by atoms with van der Waals surface area (Å²) in [5, 5.41) is 6.16. The first-order chi connectivity index (χ1) is 16.5. The Kier molecular flexibility index (Phi) is 7.54. The average Bonchev–Trinajstić information content (AvgIpc) is 2.88. The maximum Gasteiger partial charge on any atom is 0.254 e. The zero-order valence-electron chi connectivity index (χ0n) is 19.7. The van der Waals surface area contributed by atoms with Crippen LogP contribution in [0.3, 0.4) is 0 Å². The van der Waals surface area contributed by atoms with Gasteiger partial charge >= 0.3 is 0 Å². The number of nitrogens with zero attached hydrogens (tertiary/aromatic N) is 3. The highest BCUT2D eigenvalue weighted by molar-refractivity contribution is 5.98. The van der Waals surface area contributed by atoms with Gasteiger partial charge in [0.25, 0.3) is 5.91 Å². The largest absolute Gasteiger partial charge is 0.381 e. The van der Waals surface area contributed by atoms with Crippen LogP contribution in [0, 0.1) is 6.92 Å². The number of piperazine rings is 1. The van der Waals surface area contributed by atoms with Gasteiger partial charge in [0.15, 0.2) is 0 Å². The topological polar surface area (TPSA) is 77.6 Å². The molecule has 3 aromatic rings. The van der Waals surface area contributed by atoms with Crippen molar-refractivity contribution < 1.29 is 9.59 Å². The van der Waals surface area contributed by atoms with Gasteiger partial charge in [-0.3, -0.25) is 19.5 Å². The molecule has 7 heteroatoms. The molecule has 2 N–H and O–H groups in total. The van der Waals surface area contributed by atoms with Gasteiger partial charge in [0.05, 0.1) is 0 Å². The number of carbonyl (C=O) groups excluding carboxylic acids is 2. The third-order valence-corrected chi connectivity index (χ3v) is 6.24. The van der Waals surface area contributed by atoms with Gasteiger partial charge in [0, 0.05) is 63.4 Å². The first-order valence-electron chi connectivity index (χ1n) is 11.6. The molecule has 176 valence electrons. The van der Waals surface area contributed by atoms with E-state index in [4.69, 9.17) is 0 Å². The highest BCUT2D eigenvalue weighted by Gasteiger charge is 2.35. The summed E-state index contributed by atoms with van der Waals surface area (Å²) in [6.45, 7) is 5.12. The minimum Gasteiger partial charge on any atom is -0.381 e. The lowest BCUT2D eigenvalue weighted by Crippen LogP contribution is -2.60. The summed E-state index contributed by atoms with van der Waals surface area (Å²) in [7, 11) is 1.62.